The summed E-state index contributed by atoms with van der Waals surface area (Å²) < 4.78 is 24.8. The van der Waals surface area contributed by atoms with Gasteiger partial charge in [0, 0.05) is 30.8 Å². The van der Waals surface area contributed by atoms with E-state index in [2.05, 4.69) is 9.98 Å². The van der Waals surface area contributed by atoms with E-state index in [-0.39, 0.29) is 18.3 Å². The average molecular weight is 425 g/mol. The largest absolute Gasteiger partial charge is 0.483 e. The second-order valence-electron chi connectivity index (χ2n) is 6.65. The number of nitrogens with zero attached hydrogens (tertiary/aromatic N) is 2. The van der Waals surface area contributed by atoms with Gasteiger partial charge in [-0.2, -0.15) is 0 Å². The molecule has 2 aromatic rings. The summed E-state index contributed by atoms with van der Waals surface area (Å²) in [6.07, 6.45) is 5.16. The Kier molecular flexibility index (Phi) is 9.97. The second kappa shape index (κ2) is 13.0. The fourth-order valence-corrected chi connectivity index (χ4v) is 2.70. The van der Waals surface area contributed by atoms with Gasteiger partial charge in [0.25, 0.3) is 0 Å². The molecule has 0 atom stereocenters. The van der Waals surface area contributed by atoms with E-state index in [1.165, 1.54) is 25.4 Å². The second-order valence-corrected chi connectivity index (χ2v) is 6.65. The van der Waals surface area contributed by atoms with Crippen LogP contribution in [-0.4, -0.2) is 25.6 Å². The van der Waals surface area contributed by atoms with Gasteiger partial charge in [-0.15, -0.1) is 0 Å². The quantitative estimate of drug-likeness (QED) is 0.413. The van der Waals surface area contributed by atoms with Crippen molar-refractivity contribution < 1.29 is 13.9 Å². The van der Waals surface area contributed by atoms with Crippen molar-refractivity contribution in [1.29, 1.82) is 0 Å². The van der Waals surface area contributed by atoms with Crippen molar-refractivity contribution in [1.82, 2.24) is 0 Å². The minimum absolute atomic E-state index is 0.201. The predicted octanol–water partition coefficient (Wildman–Crippen LogP) is 4.38. The Balaban J connectivity index is 2.29. The molecule has 0 aromatic heterocycles. The molecule has 31 heavy (non-hydrogen) atoms. The number of nitrogens with two attached hydrogens (primary N) is 2. The number of rotatable bonds is 11. The molecule has 2 rings (SSSR count). The molecule has 0 heterocycles. The molecule has 0 unspecified atom stereocenters. The molecule has 0 radical (unpaired) electrons. The van der Waals surface area contributed by atoms with E-state index in [1.807, 2.05) is 37.3 Å². The van der Waals surface area contributed by atoms with Gasteiger partial charge in [0.1, 0.15) is 5.82 Å². The molecule has 4 N–H and O–H groups in total. The molecule has 0 saturated heterocycles. The number of halogens is 1. The summed E-state index contributed by atoms with van der Waals surface area (Å²) in [5.74, 6) is -0.157. The van der Waals surface area contributed by atoms with Crippen molar-refractivity contribution in [3.05, 3.63) is 89.2 Å². The van der Waals surface area contributed by atoms with E-state index < -0.39 is 0 Å². The van der Waals surface area contributed by atoms with E-state index in [4.69, 9.17) is 20.9 Å². The summed E-state index contributed by atoms with van der Waals surface area (Å²) in [4.78, 5) is 8.90. The van der Waals surface area contributed by atoms with Crippen molar-refractivity contribution >= 4 is 17.6 Å². The lowest BCUT2D eigenvalue weighted by atomic mass is 10.1. The third kappa shape index (κ3) is 8.44. The standard InChI is InChI=1S/C24H29FN4O2/c1-3-28-15-19(14-26)11-22(13-24(27)30-2)29-23-10-9-21(25)12-20(23)17-31-16-18-7-5-4-6-8-18/h4-10,12-15H,3,11,16-17,26-27H2,1-2H3. The van der Waals surface area contributed by atoms with Crippen molar-refractivity contribution in [3.8, 4) is 0 Å². The summed E-state index contributed by atoms with van der Waals surface area (Å²) in [5, 5.41) is 0. The van der Waals surface area contributed by atoms with E-state index >= 15 is 0 Å². The molecular weight excluding hydrogens is 395 g/mol. The van der Waals surface area contributed by atoms with Gasteiger partial charge in [0.2, 0.25) is 0 Å². The zero-order chi connectivity index (χ0) is 22.5. The third-order valence-corrected chi connectivity index (χ3v) is 4.26. The molecule has 7 heteroatoms. The highest BCUT2D eigenvalue weighted by Gasteiger charge is 2.08. The Hall–Kier alpha value is -3.45. The average Bonchev–Trinajstić information content (AvgIpc) is 2.78. The molecule has 2 aromatic carbocycles. The highest BCUT2D eigenvalue weighted by molar-refractivity contribution is 6.02. The zero-order valence-electron chi connectivity index (χ0n) is 17.9. The lowest BCUT2D eigenvalue weighted by Crippen LogP contribution is -2.07. The first-order valence-corrected chi connectivity index (χ1v) is 9.95. The van der Waals surface area contributed by atoms with Crippen LogP contribution in [0.5, 0.6) is 0 Å². The number of ether oxygens (including phenoxy) is 2. The highest BCUT2D eigenvalue weighted by Crippen LogP contribution is 2.23. The van der Waals surface area contributed by atoms with Crippen LogP contribution in [0.3, 0.4) is 0 Å². The Bertz CT molecular complexity index is 953. The normalized spacial score (nSPS) is 13.1. The van der Waals surface area contributed by atoms with Crippen LogP contribution in [-0.2, 0) is 22.7 Å². The lowest BCUT2D eigenvalue weighted by Gasteiger charge is -2.10. The van der Waals surface area contributed by atoms with Gasteiger partial charge in [-0.3, -0.25) is 9.98 Å². The molecule has 0 amide bonds. The maximum Gasteiger partial charge on any atom is 0.185 e. The number of benzene rings is 2. The van der Waals surface area contributed by atoms with Crippen LogP contribution < -0.4 is 11.5 Å². The van der Waals surface area contributed by atoms with E-state index in [9.17, 15) is 4.39 Å². The maximum atomic E-state index is 13.9. The molecule has 0 spiro atoms. The van der Waals surface area contributed by atoms with E-state index in [0.29, 0.717) is 36.5 Å². The Morgan fingerprint density at radius 1 is 1.13 bits per heavy atom. The van der Waals surface area contributed by atoms with Crippen LogP contribution in [0.2, 0.25) is 0 Å². The Morgan fingerprint density at radius 2 is 1.90 bits per heavy atom. The van der Waals surface area contributed by atoms with Crippen LogP contribution in [0, 0.1) is 5.82 Å². The SMILES string of the molecule is CCN=CC(=CN)CC(C=C(N)OC)=Nc1ccc(F)cc1COCc1ccccc1. The van der Waals surface area contributed by atoms with Crippen molar-refractivity contribution in [3.63, 3.8) is 0 Å². The van der Waals surface area contributed by atoms with Gasteiger partial charge in [0.15, 0.2) is 5.88 Å². The van der Waals surface area contributed by atoms with Crippen molar-refractivity contribution in [2.45, 2.75) is 26.6 Å². The Morgan fingerprint density at radius 3 is 2.58 bits per heavy atom. The Labute approximate surface area is 182 Å². The smallest absolute Gasteiger partial charge is 0.185 e. The molecule has 164 valence electrons. The summed E-state index contributed by atoms with van der Waals surface area (Å²) in [5.41, 5.74) is 15.2. The van der Waals surface area contributed by atoms with Crippen LogP contribution in [0.4, 0.5) is 10.1 Å². The maximum absolute atomic E-state index is 13.9. The summed E-state index contributed by atoms with van der Waals surface area (Å²) in [6.45, 7) is 3.19. The van der Waals surface area contributed by atoms with Gasteiger partial charge >= 0.3 is 0 Å². The summed E-state index contributed by atoms with van der Waals surface area (Å²) in [7, 11) is 1.47. The van der Waals surface area contributed by atoms with Gasteiger partial charge in [-0.25, -0.2) is 4.39 Å². The molecule has 0 aliphatic carbocycles. The van der Waals surface area contributed by atoms with Crippen LogP contribution >= 0.6 is 0 Å². The molecular formula is C24H29FN4O2. The molecule has 0 bridgehead atoms. The molecule has 0 fully saturated rings. The number of hydrogen-bond donors (Lipinski definition) is 2. The van der Waals surface area contributed by atoms with Crippen molar-refractivity contribution in [2.75, 3.05) is 13.7 Å². The zero-order valence-corrected chi connectivity index (χ0v) is 17.9. The lowest BCUT2D eigenvalue weighted by molar-refractivity contribution is 0.107. The van der Waals surface area contributed by atoms with E-state index in [1.54, 1.807) is 18.4 Å². The minimum Gasteiger partial charge on any atom is -0.483 e. The third-order valence-electron chi connectivity index (χ3n) is 4.26. The number of allylic oxidation sites excluding steroid dienone is 2. The molecule has 0 aliphatic heterocycles. The number of hydrogen-bond acceptors (Lipinski definition) is 6. The first-order valence-electron chi connectivity index (χ1n) is 9.95. The molecule has 6 nitrogen and oxygen atoms in total. The van der Waals surface area contributed by atoms with Gasteiger partial charge < -0.3 is 20.9 Å². The minimum atomic E-state index is -0.358. The fraction of sp³-hybridized carbons (Fsp3) is 0.250. The topological polar surface area (TPSA) is 95.2 Å². The number of aliphatic imine (C=N–C) groups is 2. The van der Waals surface area contributed by atoms with Crippen molar-refractivity contribution in [2.24, 2.45) is 21.5 Å². The highest BCUT2D eigenvalue weighted by atomic mass is 19.1. The monoisotopic (exact) mass is 424 g/mol. The number of methoxy groups -OCH3 is 1. The summed E-state index contributed by atoms with van der Waals surface area (Å²) >= 11 is 0. The fourth-order valence-electron chi connectivity index (χ4n) is 2.70. The van der Waals surface area contributed by atoms with Crippen LogP contribution in [0.1, 0.15) is 24.5 Å². The predicted molar refractivity (Wildman–Crippen MR) is 124 cm³/mol. The van der Waals surface area contributed by atoms with E-state index in [0.717, 1.165) is 11.1 Å². The van der Waals surface area contributed by atoms with Crippen LogP contribution in [0.15, 0.2) is 82.2 Å². The van der Waals surface area contributed by atoms with Gasteiger partial charge in [-0.05, 0) is 42.5 Å². The first kappa shape index (κ1) is 23.8. The molecule has 0 saturated carbocycles. The van der Waals surface area contributed by atoms with Gasteiger partial charge in [-0.1, -0.05) is 30.3 Å². The first-order chi connectivity index (χ1) is 15.0. The summed E-state index contributed by atoms with van der Waals surface area (Å²) in [6, 6.07) is 14.2. The van der Waals surface area contributed by atoms with Crippen LogP contribution in [0.25, 0.3) is 0 Å². The molecule has 0 aliphatic rings. The van der Waals surface area contributed by atoms with Gasteiger partial charge in [0.05, 0.1) is 31.7 Å².